The molecule has 0 radical (unpaired) electrons. The summed E-state index contributed by atoms with van der Waals surface area (Å²) in [5, 5.41) is 0. The smallest absolute Gasteiger partial charge is 0.383 e. The molecule has 2 N–H and O–H groups in total. The standard InChI is InChI=1S/C31H31F3N4O2/c1-5-12-20-18-30(24(13-6-2)25(35)36-27(30)39)19-21(20)14-8-7-11-17-38-26(37-29(3,4)28(38)40)22-15-9-10-16-23(22)31(32,33)34/h5-6,10,12-14,16H,1-2,8-9,15,17-19H2,3-4H3,(H2,35,36,39)/b20-12-,21-14-,24-13+. The van der Waals surface area contributed by atoms with Gasteiger partial charge in [0, 0.05) is 17.6 Å². The van der Waals surface area contributed by atoms with Gasteiger partial charge in [0.1, 0.15) is 17.2 Å². The summed E-state index contributed by atoms with van der Waals surface area (Å²) in [5.41, 5.74) is 5.67. The fourth-order valence-electron chi connectivity index (χ4n) is 5.51. The maximum atomic E-state index is 13.7. The van der Waals surface area contributed by atoms with Crippen LogP contribution in [-0.2, 0) is 9.59 Å². The van der Waals surface area contributed by atoms with Crippen molar-refractivity contribution in [1.82, 2.24) is 4.90 Å². The van der Waals surface area contributed by atoms with Gasteiger partial charge >= 0.3 is 6.18 Å². The van der Waals surface area contributed by atoms with Crippen molar-refractivity contribution in [3.8, 4) is 11.8 Å². The van der Waals surface area contributed by atoms with Crippen LogP contribution in [-0.4, -0.2) is 46.6 Å². The van der Waals surface area contributed by atoms with E-state index in [1.807, 2.05) is 12.2 Å². The number of carbonyl (C=O) groups is 2. The number of aliphatic imine (C=N–C) groups is 2. The molecule has 4 aliphatic rings. The van der Waals surface area contributed by atoms with Crippen molar-refractivity contribution >= 4 is 23.5 Å². The molecule has 0 aromatic rings. The molecular formula is C31H31F3N4O2. The Morgan fingerprint density at radius 2 is 1.82 bits per heavy atom. The topological polar surface area (TPSA) is 88.1 Å². The van der Waals surface area contributed by atoms with Crippen molar-refractivity contribution in [2.24, 2.45) is 21.1 Å². The van der Waals surface area contributed by atoms with E-state index in [0.717, 1.165) is 17.2 Å². The van der Waals surface area contributed by atoms with E-state index in [9.17, 15) is 22.8 Å². The molecular weight excluding hydrogens is 517 g/mol. The van der Waals surface area contributed by atoms with Crippen LogP contribution in [0.4, 0.5) is 13.2 Å². The molecule has 2 aliphatic carbocycles. The molecule has 1 saturated carbocycles. The van der Waals surface area contributed by atoms with Gasteiger partial charge in [-0.05, 0) is 50.7 Å². The highest BCUT2D eigenvalue weighted by Crippen LogP contribution is 2.53. The maximum Gasteiger partial charge on any atom is 0.416 e. The Hall–Kier alpha value is -4.19. The van der Waals surface area contributed by atoms with Crippen LogP contribution in [0.5, 0.6) is 0 Å². The van der Waals surface area contributed by atoms with E-state index >= 15 is 0 Å². The van der Waals surface area contributed by atoms with Crippen molar-refractivity contribution in [2.45, 2.75) is 57.7 Å². The first-order chi connectivity index (χ1) is 18.9. The SMILES string of the molecule is C=C/C=C1/CC2(C/C1=C/CC#CCN1C(=O)C(C)(C)N=C1C1=C(C(F)(F)F)C=CCC1)C(=O)N=C(N)/C2=C\C=C. The molecule has 2 heterocycles. The molecule has 4 rings (SSSR count). The Labute approximate surface area is 232 Å². The van der Waals surface area contributed by atoms with E-state index in [4.69, 9.17) is 5.73 Å². The van der Waals surface area contributed by atoms with Crippen LogP contribution >= 0.6 is 0 Å². The van der Waals surface area contributed by atoms with E-state index in [2.05, 4.69) is 35.0 Å². The predicted octanol–water partition coefficient (Wildman–Crippen LogP) is 5.44. The van der Waals surface area contributed by atoms with E-state index < -0.39 is 28.6 Å². The number of amidine groups is 2. The quantitative estimate of drug-likeness (QED) is 0.465. The van der Waals surface area contributed by atoms with Crippen molar-refractivity contribution in [1.29, 1.82) is 0 Å². The van der Waals surface area contributed by atoms with Crippen molar-refractivity contribution < 1.29 is 22.8 Å². The van der Waals surface area contributed by atoms with Gasteiger partial charge in [-0.25, -0.2) is 0 Å². The highest BCUT2D eigenvalue weighted by molar-refractivity contribution is 6.17. The second-order valence-electron chi connectivity index (χ2n) is 10.5. The molecule has 0 aromatic carbocycles. The number of alkyl halides is 3. The van der Waals surface area contributed by atoms with E-state index in [1.54, 1.807) is 32.1 Å². The molecule has 0 bridgehead atoms. The highest BCUT2D eigenvalue weighted by Gasteiger charge is 2.52. The number of halogens is 3. The van der Waals surface area contributed by atoms with E-state index in [1.165, 1.54) is 11.0 Å². The van der Waals surface area contributed by atoms with Gasteiger partial charge in [0.15, 0.2) is 0 Å². The first kappa shape index (κ1) is 28.8. The van der Waals surface area contributed by atoms with Gasteiger partial charge in [-0.3, -0.25) is 19.5 Å². The van der Waals surface area contributed by atoms with Gasteiger partial charge in [-0.15, -0.1) is 0 Å². The van der Waals surface area contributed by atoms with Gasteiger partial charge in [0.25, 0.3) is 11.8 Å². The number of rotatable bonds is 5. The number of hydrogen-bond acceptors (Lipinski definition) is 4. The third-order valence-electron chi connectivity index (χ3n) is 7.39. The molecule has 0 aromatic heterocycles. The largest absolute Gasteiger partial charge is 0.416 e. The molecule has 0 saturated heterocycles. The Kier molecular flexibility index (Phi) is 7.75. The Balaban J connectivity index is 1.56. The Bertz CT molecular complexity index is 1450. The average molecular weight is 549 g/mol. The predicted molar refractivity (Wildman–Crippen MR) is 150 cm³/mol. The van der Waals surface area contributed by atoms with Crippen molar-refractivity contribution in [3.05, 3.63) is 83.6 Å². The summed E-state index contributed by atoms with van der Waals surface area (Å²) >= 11 is 0. The summed E-state index contributed by atoms with van der Waals surface area (Å²) in [6.45, 7) is 10.6. The van der Waals surface area contributed by atoms with E-state index in [0.29, 0.717) is 31.3 Å². The number of allylic oxidation sites excluding steroid dienone is 10. The molecule has 1 unspecified atom stereocenters. The normalized spacial score (nSPS) is 27.1. The lowest BCUT2D eigenvalue weighted by Gasteiger charge is -2.23. The molecule has 6 nitrogen and oxygen atoms in total. The summed E-state index contributed by atoms with van der Waals surface area (Å²) in [5.74, 6) is 5.46. The number of hydrogen-bond donors (Lipinski definition) is 1. The molecule has 40 heavy (non-hydrogen) atoms. The first-order valence-electron chi connectivity index (χ1n) is 12.9. The molecule has 1 fully saturated rings. The van der Waals surface area contributed by atoms with Crippen molar-refractivity contribution in [2.75, 3.05) is 6.54 Å². The average Bonchev–Trinajstić information content (AvgIpc) is 3.44. The number of carbonyl (C=O) groups excluding carboxylic acids is 2. The number of nitrogens with two attached hydrogens (primary N) is 1. The van der Waals surface area contributed by atoms with Crippen molar-refractivity contribution in [3.63, 3.8) is 0 Å². The summed E-state index contributed by atoms with van der Waals surface area (Å²) in [7, 11) is 0. The molecule has 2 aliphatic heterocycles. The molecule has 1 spiro atoms. The number of amides is 2. The summed E-state index contributed by atoms with van der Waals surface area (Å²) in [6.07, 6.45) is 8.38. The zero-order valence-electron chi connectivity index (χ0n) is 22.6. The van der Waals surface area contributed by atoms with Gasteiger partial charge in [-0.1, -0.05) is 67.5 Å². The second kappa shape index (κ2) is 10.8. The molecule has 1 atom stereocenters. The third-order valence-corrected chi connectivity index (χ3v) is 7.39. The summed E-state index contributed by atoms with van der Waals surface area (Å²) < 4.78 is 41.1. The lowest BCUT2D eigenvalue weighted by Crippen LogP contribution is -2.40. The third kappa shape index (κ3) is 5.18. The lowest BCUT2D eigenvalue weighted by atomic mass is 9.78. The van der Waals surface area contributed by atoms with Crippen LogP contribution in [0.2, 0.25) is 0 Å². The fraction of sp³-hybridized carbons (Fsp3) is 0.355. The minimum atomic E-state index is -4.56. The summed E-state index contributed by atoms with van der Waals surface area (Å²) in [6, 6.07) is 0. The second-order valence-corrected chi connectivity index (χ2v) is 10.5. The van der Waals surface area contributed by atoms with E-state index in [-0.39, 0.29) is 36.1 Å². The van der Waals surface area contributed by atoms with Crippen LogP contribution in [0.3, 0.4) is 0 Å². The first-order valence-corrected chi connectivity index (χ1v) is 12.9. The molecule has 208 valence electrons. The zero-order chi connectivity index (χ0) is 29.3. The van der Waals surface area contributed by atoms with Crippen LogP contribution in [0.15, 0.2) is 93.5 Å². The Morgan fingerprint density at radius 1 is 1.12 bits per heavy atom. The minimum Gasteiger partial charge on any atom is -0.383 e. The van der Waals surface area contributed by atoms with Gasteiger partial charge < -0.3 is 5.73 Å². The number of nitrogens with zero attached hydrogens (tertiary/aromatic N) is 3. The van der Waals surface area contributed by atoms with Gasteiger partial charge in [0.05, 0.1) is 17.5 Å². The minimum absolute atomic E-state index is 0.0133. The monoisotopic (exact) mass is 548 g/mol. The molecule has 2 amide bonds. The Morgan fingerprint density at radius 3 is 2.50 bits per heavy atom. The maximum absolute atomic E-state index is 13.7. The highest BCUT2D eigenvalue weighted by atomic mass is 19.4. The van der Waals surface area contributed by atoms with Crippen LogP contribution < -0.4 is 5.73 Å². The van der Waals surface area contributed by atoms with Crippen LogP contribution in [0.1, 0.15) is 46.0 Å². The fourth-order valence-corrected chi connectivity index (χ4v) is 5.51. The zero-order valence-corrected chi connectivity index (χ0v) is 22.6. The summed E-state index contributed by atoms with van der Waals surface area (Å²) in [4.78, 5) is 35.5. The molecule has 9 heteroatoms. The van der Waals surface area contributed by atoms with Crippen LogP contribution in [0.25, 0.3) is 0 Å². The van der Waals surface area contributed by atoms with Gasteiger partial charge in [-0.2, -0.15) is 18.2 Å². The van der Waals surface area contributed by atoms with Crippen LogP contribution in [0, 0.1) is 17.3 Å². The lowest BCUT2D eigenvalue weighted by molar-refractivity contribution is -0.129. The van der Waals surface area contributed by atoms with Gasteiger partial charge in [0.2, 0.25) is 0 Å².